The van der Waals surface area contributed by atoms with Gasteiger partial charge in [0, 0.05) is 5.57 Å². The number of nitrogens with two attached hydrogens (primary N) is 1. The van der Waals surface area contributed by atoms with Gasteiger partial charge in [-0.3, -0.25) is 4.79 Å². The second-order valence-electron chi connectivity index (χ2n) is 4.86. The molecule has 0 atom stereocenters. The molecule has 88 valence electrons. The van der Waals surface area contributed by atoms with Crippen LogP contribution in [-0.4, -0.2) is 5.91 Å². The molecule has 0 aliphatic rings. The second kappa shape index (κ2) is 7.49. The van der Waals surface area contributed by atoms with Crippen molar-refractivity contribution in [2.45, 2.75) is 53.4 Å². The summed E-state index contributed by atoms with van der Waals surface area (Å²) in [7, 11) is 0. The first kappa shape index (κ1) is 14.2. The SMILES string of the molecule is CC(C)CCCCC=C(C(N)=O)C(C)C. The monoisotopic (exact) mass is 211 g/mol. The van der Waals surface area contributed by atoms with Crippen molar-refractivity contribution in [1.82, 2.24) is 0 Å². The summed E-state index contributed by atoms with van der Waals surface area (Å²) < 4.78 is 0. The molecule has 15 heavy (non-hydrogen) atoms. The molecule has 0 fully saturated rings. The minimum Gasteiger partial charge on any atom is -0.366 e. The van der Waals surface area contributed by atoms with Gasteiger partial charge in [-0.1, -0.05) is 46.6 Å². The molecule has 1 amide bonds. The largest absolute Gasteiger partial charge is 0.366 e. The second-order valence-corrected chi connectivity index (χ2v) is 4.86. The topological polar surface area (TPSA) is 43.1 Å². The molecule has 2 heteroatoms. The zero-order chi connectivity index (χ0) is 11.8. The third-order valence-corrected chi connectivity index (χ3v) is 2.51. The number of unbranched alkanes of at least 4 members (excludes halogenated alkanes) is 2. The van der Waals surface area contributed by atoms with Crippen LogP contribution in [0.25, 0.3) is 0 Å². The van der Waals surface area contributed by atoms with Crippen molar-refractivity contribution in [1.29, 1.82) is 0 Å². The summed E-state index contributed by atoms with van der Waals surface area (Å²) in [6.07, 6.45) is 6.64. The van der Waals surface area contributed by atoms with E-state index >= 15 is 0 Å². The molecule has 0 radical (unpaired) electrons. The van der Waals surface area contributed by atoms with Gasteiger partial charge in [-0.2, -0.15) is 0 Å². The summed E-state index contributed by atoms with van der Waals surface area (Å²) in [5, 5.41) is 0. The first-order valence-corrected chi connectivity index (χ1v) is 5.95. The van der Waals surface area contributed by atoms with Gasteiger partial charge in [0.2, 0.25) is 5.91 Å². The molecule has 2 N–H and O–H groups in total. The fourth-order valence-electron chi connectivity index (χ4n) is 1.58. The van der Waals surface area contributed by atoms with E-state index in [0.717, 1.165) is 24.3 Å². The molecule has 0 aliphatic carbocycles. The molecular formula is C13H25NO. The lowest BCUT2D eigenvalue weighted by Crippen LogP contribution is -2.17. The molecule has 2 nitrogen and oxygen atoms in total. The molecule has 0 aromatic rings. The van der Waals surface area contributed by atoms with Crippen molar-refractivity contribution in [3.05, 3.63) is 11.6 Å². The lowest BCUT2D eigenvalue weighted by Gasteiger charge is -2.07. The predicted octanol–water partition coefficient (Wildman–Crippen LogP) is 3.27. The van der Waals surface area contributed by atoms with Crippen LogP contribution in [0, 0.1) is 11.8 Å². The van der Waals surface area contributed by atoms with Crippen molar-refractivity contribution in [3.63, 3.8) is 0 Å². The minimum atomic E-state index is -0.270. The molecule has 0 aliphatic heterocycles. The van der Waals surface area contributed by atoms with Gasteiger partial charge in [-0.25, -0.2) is 0 Å². The van der Waals surface area contributed by atoms with E-state index < -0.39 is 0 Å². The highest BCUT2D eigenvalue weighted by Gasteiger charge is 2.08. The highest BCUT2D eigenvalue weighted by molar-refractivity contribution is 5.92. The molecule has 0 rings (SSSR count). The van der Waals surface area contributed by atoms with Crippen LogP contribution in [0.2, 0.25) is 0 Å². The standard InChI is InChI=1S/C13H25NO/c1-10(2)8-6-5-7-9-12(11(3)4)13(14)15/h9-11H,5-8H2,1-4H3,(H2,14,15). The number of carbonyl (C=O) groups is 1. The molecule has 0 aromatic carbocycles. The summed E-state index contributed by atoms with van der Waals surface area (Å²) in [4.78, 5) is 11.1. The van der Waals surface area contributed by atoms with Gasteiger partial charge in [-0.05, 0) is 24.7 Å². The van der Waals surface area contributed by atoms with Crippen LogP contribution >= 0.6 is 0 Å². The number of hydrogen-bond donors (Lipinski definition) is 1. The van der Waals surface area contributed by atoms with Crippen LogP contribution in [-0.2, 0) is 4.79 Å². The first-order chi connectivity index (χ1) is 6.95. The molecule has 0 aromatic heterocycles. The molecular weight excluding hydrogens is 186 g/mol. The number of allylic oxidation sites excluding steroid dienone is 1. The minimum absolute atomic E-state index is 0.243. The number of primary amides is 1. The van der Waals surface area contributed by atoms with Gasteiger partial charge in [0.1, 0.15) is 0 Å². The maximum Gasteiger partial charge on any atom is 0.244 e. The summed E-state index contributed by atoms with van der Waals surface area (Å²) in [6, 6.07) is 0. The first-order valence-electron chi connectivity index (χ1n) is 5.95. The van der Waals surface area contributed by atoms with Crippen molar-refractivity contribution < 1.29 is 4.79 Å². The average Bonchev–Trinajstić information content (AvgIpc) is 2.08. The van der Waals surface area contributed by atoms with Crippen LogP contribution < -0.4 is 5.73 Å². The Morgan fingerprint density at radius 1 is 1.20 bits per heavy atom. The third kappa shape index (κ3) is 7.18. The highest BCUT2D eigenvalue weighted by atomic mass is 16.1. The fraction of sp³-hybridized carbons (Fsp3) is 0.769. The van der Waals surface area contributed by atoms with Crippen molar-refractivity contribution in [2.75, 3.05) is 0 Å². The zero-order valence-corrected chi connectivity index (χ0v) is 10.5. The molecule has 0 heterocycles. The molecule has 0 saturated carbocycles. The molecule has 0 saturated heterocycles. The Balaban J connectivity index is 3.86. The predicted molar refractivity (Wildman–Crippen MR) is 65.4 cm³/mol. The zero-order valence-electron chi connectivity index (χ0n) is 10.5. The Morgan fingerprint density at radius 3 is 2.20 bits per heavy atom. The number of hydrogen-bond acceptors (Lipinski definition) is 1. The van der Waals surface area contributed by atoms with Gasteiger partial charge in [0.15, 0.2) is 0 Å². The van der Waals surface area contributed by atoms with E-state index in [0.29, 0.717) is 0 Å². The molecule has 0 unspecified atom stereocenters. The molecule has 0 bridgehead atoms. The average molecular weight is 211 g/mol. The van der Waals surface area contributed by atoms with E-state index in [2.05, 4.69) is 13.8 Å². The van der Waals surface area contributed by atoms with Crippen molar-refractivity contribution in [3.8, 4) is 0 Å². The maximum atomic E-state index is 11.1. The van der Waals surface area contributed by atoms with Gasteiger partial charge in [0.25, 0.3) is 0 Å². The van der Waals surface area contributed by atoms with Crippen LogP contribution in [0.1, 0.15) is 53.4 Å². The van der Waals surface area contributed by atoms with Gasteiger partial charge < -0.3 is 5.73 Å². The van der Waals surface area contributed by atoms with E-state index in [-0.39, 0.29) is 11.8 Å². The Morgan fingerprint density at radius 2 is 1.80 bits per heavy atom. The van der Waals surface area contributed by atoms with E-state index in [1.807, 2.05) is 19.9 Å². The summed E-state index contributed by atoms with van der Waals surface area (Å²) in [5.41, 5.74) is 6.07. The third-order valence-electron chi connectivity index (χ3n) is 2.51. The Hall–Kier alpha value is -0.790. The van der Waals surface area contributed by atoms with Gasteiger partial charge in [0.05, 0.1) is 0 Å². The quantitative estimate of drug-likeness (QED) is 0.509. The smallest absolute Gasteiger partial charge is 0.244 e. The van der Waals surface area contributed by atoms with E-state index in [4.69, 9.17) is 5.73 Å². The highest BCUT2D eigenvalue weighted by Crippen LogP contribution is 2.13. The van der Waals surface area contributed by atoms with Gasteiger partial charge in [-0.15, -0.1) is 0 Å². The Kier molecular flexibility index (Phi) is 7.10. The van der Waals surface area contributed by atoms with Crippen LogP contribution in [0.5, 0.6) is 0 Å². The number of amides is 1. The normalized spacial score (nSPS) is 12.5. The van der Waals surface area contributed by atoms with Crippen molar-refractivity contribution in [2.24, 2.45) is 17.6 Å². The van der Waals surface area contributed by atoms with E-state index in [9.17, 15) is 4.79 Å². The van der Waals surface area contributed by atoms with Crippen molar-refractivity contribution >= 4 is 5.91 Å². The molecule has 0 spiro atoms. The number of rotatable bonds is 7. The fourth-order valence-corrected chi connectivity index (χ4v) is 1.58. The van der Waals surface area contributed by atoms with Crippen LogP contribution in [0.15, 0.2) is 11.6 Å². The lowest BCUT2D eigenvalue weighted by molar-refractivity contribution is -0.115. The number of carbonyl (C=O) groups excluding carboxylic acids is 1. The Labute approximate surface area is 93.9 Å². The van der Waals surface area contributed by atoms with Crippen LogP contribution in [0.3, 0.4) is 0 Å². The summed E-state index contributed by atoms with van der Waals surface area (Å²) >= 11 is 0. The van der Waals surface area contributed by atoms with E-state index in [1.54, 1.807) is 0 Å². The summed E-state index contributed by atoms with van der Waals surface area (Å²) in [6.45, 7) is 8.48. The Bertz CT molecular complexity index is 217. The lowest BCUT2D eigenvalue weighted by atomic mass is 9.99. The van der Waals surface area contributed by atoms with E-state index in [1.165, 1.54) is 12.8 Å². The van der Waals surface area contributed by atoms with Gasteiger partial charge >= 0.3 is 0 Å². The van der Waals surface area contributed by atoms with Crippen LogP contribution in [0.4, 0.5) is 0 Å². The maximum absolute atomic E-state index is 11.1. The summed E-state index contributed by atoms with van der Waals surface area (Å²) in [5.74, 6) is 0.746.